The van der Waals surface area contributed by atoms with Crippen LogP contribution in [-0.2, 0) is 6.54 Å². The number of carbonyl (C=O) groups excluding carboxylic acids is 1. The Morgan fingerprint density at radius 1 is 1.09 bits per heavy atom. The lowest BCUT2D eigenvalue weighted by Gasteiger charge is -2.23. The SMILES string of the molecule is O=C(c1cc(Cl)cc(Cl)c1)N(Cc1ccc(F)cc1)C1CC1. The van der Waals surface area contributed by atoms with E-state index < -0.39 is 0 Å². The van der Waals surface area contributed by atoms with E-state index in [9.17, 15) is 9.18 Å². The number of hydrogen-bond donors (Lipinski definition) is 0. The molecule has 114 valence electrons. The number of halogens is 3. The molecule has 1 fully saturated rings. The minimum absolute atomic E-state index is 0.101. The highest BCUT2D eigenvalue weighted by Gasteiger charge is 2.33. The quantitative estimate of drug-likeness (QED) is 0.773. The Morgan fingerprint density at radius 2 is 1.68 bits per heavy atom. The molecule has 1 aliphatic rings. The fraction of sp³-hybridized carbons (Fsp3) is 0.235. The first-order chi connectivity index (χ1) is 10.5. The van der Waals surface area contributed by atoms with Crippen LogP contribution in [0.3, 0.4) is 0 Å². The molecule has 5 heteroatoms. The van der Waals surface area contributed by atoms with Crippen LogP contribution in [0.15, 0.2) is 42.5 Å². The molecule has 0 heterocycles. The molecule has 3 rings (SSSR count). The van der Waals surface area contributed by atoms with Gasteiger partial charge in [-0.05, 0) is 48.7 Å². The van der Waals surface area contributed by atoms with Crippen molar-refractivity contribution in [3.8, 4) is 0 Å². The number of benzene rings is 2. The lowest BCUT2D eigenvalue weighted by molar-refractivity contribution is 0.0730. The molecule has 1 amide bonds. The van der Waals surface area contributed by atoms with Crippen molar-refractivity contribution in [2.75, 3.05) is 0 Å². The van der Waals surface area contributed by atoms with Crippen LogP contribution in [0.1, 0.15) is 28.8 Å². The van der Waals surface area contributed by atoms with Gasteiger partial charge in [0.05, 0.1) is 0 Å². The van der Waals surface area contributed by atoms with Gasteiger partial charge in [-0.2, -0.15) is 0 Å². The monoisotopic (exact) mass is 337 g/mol. The maximum atomic E-state index is 13.0. The normalized spacial score (nSPS) is 14.0. The third-order valence-corrected chi connectivity index (χ3v) is 4.06. The highest BCUT2D eigenvalue weighted by molar-refractivity contribution is 6.35. The van der Waals surface area contributed by atoms with E-state index >= 15 is 0 Å². The molecule has 0 aromatic heterocycles. The van der Waals surface area contributed by atoms with Gasteiger partial charge < -0.3 is 4.90 Å². The predicted octanol–water partition coefficient (Wildman–Crippen LogP) is 4.94. The summed E-state index contributed by atoms with van der Waals surface area (Å²) < 4.78 is 13.0. The Hall–Kier alpha value is -1.58. The van der Waals surface area contributed by atoms with Crippen molar-refractivity contribution in [1.82, 2.24) is 4.90 Å². The first-order valence-corrected chi connectivity index (χ1v) is 7.80. The molecule has 0 bridgehead atoms. The standard InChI is InChI=1S/C17H14Cl2FNO/c18-13-7-12(8-14(19)9-13)17(22)21(16-5-6-16)10-11-1-3-15(20)4-2-11/h1-4,7-9,16H,5-6,10H2. The van der Waals surface area contributed by atoms with Gasteiger partial charge in [0, 0.05) is 28.2 Å². The number of rotatable bonds is 4. The van der Waals surface area contributed by atoms with Crippen LogP contribution < -0.4 is 0 Å². The Morgan fingerprint density at radius 3 is 2.23 bits per heavy atom. The van der Waals surface area contributed by atoms with Crippen molar-refractivity contribution in [2.45, 2.75) is 25.4 Å². The van der Waals surface area contributed by atoms with Crippen molar-refractivity contribution in [1.29, 1.82) is 0 Å². The molecular weight excluding hydrogens is 324 g/mol. The summed E-state index contributed by atoms with van der Waals surface area (Å²) in [6, 6.07) is 11.3. The molecule has 2 nitrogen and oxygen atoms in total. The van der Waals surface area contributed by atoms with Gasteiger partial charge in [0.2, 0.25) is 0 Å². The molecule has 1 aliphatic carbocycles. The largest absolute Gasteiger partial charge is 0.331 e. The van der Waals surface area contributed by atoms with Crippen molar-refractivity contribution >= 4 is 29.1 Å². The molecule has 2 aromatic carbocycles. The molecule has 0 saturated heterocycles. The van der Waals surface area contributed by atoms with Gasteiger partial charge in [0.1, 0.15) is 5.82 Å². The highest BCUT2D eigenvalue weighted by Crippen LogP contribution is 2.31. The Kier molecular flexibility index (Phi) is 4.37. The smallest absolute Gasteiger partial charge is 0.254 e. The molecule has 0 radical (unpaired) electrons. The second kappa shape index (κ2) is 6.27. The molecule has 0 spiro atoms. The first-order valence-electron chi connectivity index (χ1n) is 7.04. The molecule has 22 heavy (non-hydrogen) atoms. The number of hydrogen-bond acceptors (Lipinski definition) is 1. The Labute approximate surface area is 138 Å². The second-order valence-corrected chi connectivity index (χ2v) is 6.32. The van der Waals surface area contributed by atoms with Crippen LogP contribution in [0.4, 0.5) is 4.39 Å². The Balaban J connectivity index is 1.84. The number of carbonyl (C=O) groups is 1. The van der Waals surface area contributed by atoms with Gasteiger partial charge >= 0.3 is 0 Å². The van der Waals surface area contributed by atoms with E-state index in [-0.39, 0.29) is 17.8 Å². The molecular formula is C17H14Cl2FNO. The second-order valence-electron chi connectivity index (χ2n) is 5.45. The number of nitrogens with zero attached hydrogens (tertiary/aromatic N) is 1. The van der Waals surface area contributed by atoms with Crippen LogP contribution in [0.25, 0.3) is 0 Å². The van der Waals surface area contributed by atoms with Gasteiger partial charge in [-0.3, -0.25) is 4.79 Å². The van der Waals surface area contributed by atoms with Gasteiger partial charge in [0.25, 0.3) is 5.91 Å². The maximum absolute atomic E-state index is 13.0. The highest BCUT2D eigenvalue weighted by atomic mass is 35.5. The summed E-state index contributed by atoms with van der Waals surface area (Å²) in [5.74, 6) is -0.383. The third-order valence-electron chi connectivity index (χ3n) is 3.62. The summed E-state index contributed by atoms with van der Waals surface area (Å²) in [6.45, 7) is 0.452. The molecule has 0 aliphatic heterocycles. The molecule has 0 N–H and O–H groups in total. The minimum atomic E-state index is -0.283. The summed E-state index contributed by atoms with van der Waals surface area (Å²) in [6.07, 6.45) is 1.97. The van der Waals surface area contributed by atoms with Crippen LogP contribution in [0.5, 0.6) is 0 Å². The van der Waals surface area contributed by atoms with E-state index in [0.717, 1.165) is 18.4 Å². The molecule has 2 aromatic rings. The summed E-state index contributed by atoms with van der Waals surface area (Å²) in [7, 11) is 0. The minimum Gasteiger partial charge on any atom is -0.331 e. The summed E-state index contributed by atoms with van der Waals surface area (Å²) in [4.78, 5) is 14.5. The van der Waals surface area contributed by atoms with E-state index in [2.05, 4.69) is 0 Å². The molecule has 0 atom stereocenters. The van der Waals surface area contributed by atoms with Crippen LogP contribution >= 0.6 is 23.2 Å². The predicted molar refractivity (Wildman–Crippen MR) is 85.8 cm³/mol. The van der Waals surface area contributed by atoms with E-state index in [1.54, 1.807) is 35.2 Å². The summed E-state index contributed by atoms with van der Waals surface area (Å²) in [5.41, 5.74) is 1.38. The van der Waals surface area contributed by atoms with Gasteiger partial charge in [-0.1, -0.05) is 35.3 Å². The lowest BCUT2D eigenvalue weighted by atomic mass is 10.1. The van der Waals surface area contributed by atoms with E-state index in [0.29, 0.717) is 22.2 Å². The van der Waals surface area contributed by atoms with Crippen molar-refractivity contribution in [3.05, 3.63) is 69.5 Å². The zero-order valence-corrected chi connectivity index (χ0v) is 13.2. The molecule has 1 saturated carbocycles. The lowest BCUT2D eigenvalue weighted by Crippen LogP contribution is -2.32. The summed E-state index contributed by atoms with van der Waals surface area (Å²) in [5, 5.41) is 0.877. The zero-order valence-electron chi connectivity index (χ0n) is 11.7. The van der Waals surface area contributed by atoms with Crippen molar-refractivity contribution < 1.29 is 9.18 Å². The van der Waals surface area contributed by atoms with Crippen molar-refractivity contribution in [3.63, 3.8) is 0 Å². The van der Waals surface area contributed by atoms with Gasteiger partial charge in [-0.15, -0.1) is 0 Å². The van der Waals surface area contributed by atoms with E-state index in [4.69, 9.17) is 23.2 Å². The number of amides is 1. The van der Waals surface area contributed by atoms with Crippen molar-refractivity contribution in [2.24, 2.45) is 0 Å². The topological polar surface area (TPSA) is 20.3 Å². The third kappa shape index (κ3) is 3.60. The van der Waals surface area contributed by atoms with Crippen LogP contribution in [0.2, 0.25) is 10.0 Å². The summed E-state index contributed by atoms with van der Waals surface area (Å²) >= 11 is 11.9. The zero-order chi connectivity index (χ0) is 15.7. The average molecular weight is 338 g/mol. The van der Waals surface area contributed by atoms with Gasteiger partial charge in [-0.25, -0.2) is 4.39 Å². The van der Waals surface area contributed by atoms with Gasteiger partial charge in [0.15, 0.2) is 0 Å². The fourth-order valence-electron chi connectivity index (χ4n) is 2.38. The first kappa shape index (κ1) is 15.3. The molecule has 0 unspecified atom stereocenters. The maximum Gasteiger partial charge on any atom is 0.254 e. The van der Waals surface area contributed by atoms with Crippen LogP contribution in [0, 0.1) is 5.82 Å². The van der Waals surface area contributed by atoms with Crippen LogP contribution in [-0.4, -0.2) is 16.8 Å². The Bertz CT molecular complexity index is 678. The average Bonchev–Trinajstić information content (AvgIpc) is 3.29. The van der Waals surface area contributed by atoms with E-state index in [1.165, 1.54) is 12.1 Å². The fourth-order valence-corrected chi connectivity index (χ4v) is 2.91. The van der Waals surface area contributed by atoms with E-state index in [1.807, 2.05) is 0 Å².